The SMILES string of the molecule is CC(C)n1c(CCCN)nc2cc(Br)ccc21. The van der Waals surface area contributed by atoms with Crippen LogP contribution in [0.2, 0.25) is 0 Å². The lowest BCUT2D eigenvalue weighted by Gasteiger charge is -2.12. The maximum absolute atomic E-state index is 5.58. The van der Waals surface area contributed by atoms with Gasteiger partial charge in [-0.2, -0.15) is 0 Å². The Bertz CT molecular complexity index is 517. The normalized spacial score (nSPS) is 11.6. The molecule has 92 valence electrons. The third-order valence-electron chi connectivity index (χ3n) is 2.85. The van der Waals surface area contributed by atoms with Gasteiger partial charge in [0.1, 0.15) is 5.82 Å². The van der Waals surface area contributed by atoms with E-state index in [9.17, 15) is 0 Å². The maximum Gasteiger partial charge on any atom is 0.110 e. The van der Waals surface area contributed by atoms with Crippen molar-refractivity contribution in [3.05, 3.63) is 28.5 Å². The van der Waals surface area contributed by atoms with E-state index in [0.717, 1.165) is 28.7 Å². The van der Waals surface area contributed by atoms with Crippen LogP contribution >= 0.6 is 15.9 Å². The van der Waals surface area contributed by atoms with Crippen molar-refractivity contribution < 1.29 is 0 Å². The highest BCUT2D eigenvalue weighted by Crippen LogP contribution is 2.24. The first-order valence-corrected chi connectivity index (χ1v) is 6.79. The molecular weight excluding hydrogens is 278 g/mol. The van der Waals surface area contributed by atoms with E-state index in [2.05, 4.69) is 52.5 Å². The van der Waals surface area contributed by atoms with Gasteiger partial charge in [0.15, 0.2) is 0 Å². The molecule has 0 aliphatic heterocycles. The summed E-state index contributed by atoms with van der Waals surface area (Å²) in [6.07, 6.45) is 1.93. The molecule has 1 heterocycles. The number of halogens is 1. The summed E-state index contributed by atoms with van der Waals surface area (Å²) in [5.74, 6) is 1.14. The topological polar surface area (TPSA) is 43.8 Å². The highest BCUT2D eigenvalue weighted by Gasteiger charge is 2.12. The summed E-state index contributed by atoms with van der Waals surface area (Å²) in [6.45, 7) is 5.09. The predicted molar refractivity (Wildman–Crippen MR) is 75.2 cm³/mol. The van der Waals surface area contributed by atoms with Crippen LogP contribution in [0.4, 0.5) is 0 Å². The molecule has 2 aromatic rings. The van der Waals surface area contributed by atoms with Crippen LogP contribution in [0.25, 0.3) is 11.0 Å². The fourth-order valence-electron chi connectivity index (χ4n) is 2.13. The zero-order valence-corrected chi connectivity index (χ0v) is 11.9. The van der Waals surface area contributed by atoms with E-state index in [1.807, 2.05) is 0 Å². The molecule has 0 aliphatic carbocycles. The number of fused-ring (bicyclic) bond motifs is 1. The van der Waals surface area contributed by atoms with Gasteiger partial charge >= 0.3 is 0 Å². The molecule has 2 N–H and O–H groups in total. The molecule has 17 heavy (non-hydrogen) atoms. The molecule has 0 saturated carbocycles. The van der Waals surface area contributed by atoms with Crippen LogP contribution in [0.5, 0.6) is 0 Å². The van der Waals surface area contributed by atoms with Gasteiger partial charge in [0.2, 0.25) is 0 Å². The van der Waals surface area contributed by atoms with Crippen LogP contribution in [0.15, 0.2) is 22.7 Å². The van der Waals surface area contributed by atoms with Crippen molar-refractivity contribution in [1.82, 2.24) is 9.55 Å². The van der Waals surface area contributed by atoms with Gasteiger partial charge in [-0.1, -0.05) is 15.9 Å². The van der Waals surface area contributed by atoms with Crippen molar-refractivity contribution in [3.8, 4) is 0 Å². The maximum atomic E-state index is 5.58. The monoisotopic (exact) mass is 295 g/mol. The third kappa shape index (κ3) is 2.53. The zero-order chi connectivity index (χ0) is 12.4. The lowest BCUT2D eigenvalue weighted by Crippen LogP contribution is -2.08. The van der Waals surface area contributed by atoms with Crippen molar-refractivity contribution in [1.29, 1.82) is 0 Å². The minimum absolute atomic E-state index is 0.425. The zero-order valence-electron chi connectivity index (χ0n) is 10.3. The van der Waals surface area contributed by atoms with E-state index in [1.165, 1.54) is 5.52 Å². The number of rotatable bonds is 4. The Kier molecular flexibility index (Phi) is 3.84. The number of hydrogen-bond donors (Lipinski definition) is 1. The molecule has 0 bridgehead atoms. The van der Waals surface area contributed by atoms with E-state index >= 15 is 0 Å². The standard InChI is InChI=1S/C13H18BrN3/c1-9(2)17-12-6-5-10(14)8-11(12)16-13(17)4-3-7-15/h5-6,8-9H,3-4,7,15H2,1-2H3. The smallest absolute Gasteiger partial charge is 0.110 e. The van der Waals surface area contributed by atoms with E-state index in [1.54, 1.807) is 0 Å². The number of nitrogens with zero attached hydrogens (tertiary/aromatic N) is 2. The molecule has 0 spiro atoms. The van der Waals surface area contributed by atoms with Gasteiger partial charge in [-0.15, -0.1) is 0 Å². The molecule has 0 saturated heterocycles. The number of hydrogen-bond acceptors (Lipinski definition) is 2. The molecule has 1 aromatic heterocycles. The minimum atomic E-state index is 0.425. The number of nitrogens with two attached hydrogens (primary N) is 1. The molecule has 1 aromatic carbocycles. The highest BCUT2D eigenvalue weighted by atomic mass is 79.9. The summed E-state index contributed by atoms with van der Waals surface area (Å²) in [4.78, 5) is 4.71. The molecule has 0 amide bonds. The average Bonchev–Trinajstić information content (AvgIpc) is 2.63. The first-order chi connectivity index (χ1) is 8.13. The van der Waals surface area contributed by atoms with E-state index < -0.39 is 0 Å². The quantitative estimate of drug-likeness (QED) is 0.941. The Morgan fingerprint density at radius 1 is 1.41 bits per heavy atom. The molecule has 0 atom stereocenters. The molecule has 2 rings (SSSR count). The molecule has 0 radical (unpaired) electrons. The second-order valence-corrected chi connectivity index (χ2v) is 5.43. The second-order valence-electron chi connectivity index (χ2n) is 4.52. The summed E-state index contributed by atoms with van der Waals surface area (Å²) in [6, 6.07) is 6.68. The van der Waals surface area contributed by atoms with Crippen LogP contribution in [0.3, 0.4) is 0 Å². The van der Waals surface area contributed by atoms with E-state index in [4.69, 9.17) is 10.7 Å². The fourth-order valence-corrected chi connectivity index (χ4v) is 2.48. The largest absolute Gasteiger partial charge is 0.330 e. The third-order valence-corrected chi connectivity index (χ3v) is 3.34. The number of benzene rings is 1. The summed E-state index contributed by atoms with van der Waals surface area (Å²) >= 11 is 3.49. The van der Waals surface area contributed by atoms with Crippen LogP contribution in [0.1, 0.15) is 32.1 Å². The Balaban J connectivity index is 2.53. The van der Waals surface area contributed by atoms with Crippen molar-refractivity contribution in [3.63, 3.8) is 0 Å². The molecule has 3 nitrogen and oxygen atoms in total. The average molecular weight is 296 g/mol. The fraction of sp³-hybridized carbons (Fsp3) is 0.462. The second kappa shape index (κ2) is 5.19. The van der Waals surface area contributed by atoms with Gasteiger partial charge in [0.25, 0.3) is 0 Å². The molecule has 0 aliphatic rings. The number of aromatic nitrogens is 2. The van der Waals surface area contributed by atoms with Gasteiger partial charge in [-0.25, -0.2) is 4.98 Å². The summed E-state index contributed by atoms with van der Waals surface area (Å²) in [5, 5.41) is 0. The van der Waals surface area contributed by atoms with Crippen molar-refractivity contribution >= 4 is 27.0 Å². The van der Waals surface area contributed by atoms with Crippen molar-refractivity contribution in [2.75, 3.05) is 6.54 Å². The molecule has 4 heteroatoms. The van der Waals surface area contributed by atoms with Gasteiger partial charge in [0.05, 0.1) is 11.0 Å². The molecule has 0 unspecified atom stereocenters. The highest BCUT2D eigenvalue weighted by molar-refractivity contribution is 9.10. The van der Waals surface area contributed by atoms with Crippen molar-refractivity contribution in [2.45, 2.75) is 32.7 Å². The van der Waals surface area contributed by atoms with Crippen molar-refractivity contribution in [2.24, 2.45) is 5.73 Å². The van der Waals surface area contributed by atoms with Crippen LogP contribution in [-0.2, 0) is 6.42 Å². The summed E-state index contributed by atoms with van der Waals surface area (Å²) < 4.78 is 3.38. The number of imidazole rings is 1. The van der Waals surface area contributed by atoms with Gasteiger partial charge in [0, 0.05) is 16.9 Å². The summed E-state index contributed by atoms with van der Waals surface area (Å²) in [7, 11) is 0. The minimum Gasteiger partial charge on any atom is -0.330 e. The van der Waals surface area contributed by atoms with Gasteiger partial charge < -0.3 is 10.3 Å². The van der Waals surface area contributed by atoms with Crippen LogP contribution < -0.4 is 5.73 Å². The first kappa shape index (κ1) is 12.6. The predicted octanol–water partition coefficient (Wildman–Crippen LogP) is 3.27. The summed E-state index contributed by atoms with van der Waals surface area (Å²) in [5.41, 5.74) is 7.84. The lowest BCUT2D eigenvalue weighted by molar-refractivity contribution is 0.577. The van der Waals surface area contributed by atoms with E-state index in [-0.39, 0.29) is 0 Å². The Morgan fingerprint density at radius 3 is 2.82 bits per heavy atom. The lowest BCUT2D eigenvalue weighted by atomic mass is 10.2. The van der Waals surface area contributed by atoms with Crippen LogP contribution in [0, 0.1) is 0 Å². The van der Waals surface area contributed by atoms with Gasteiger partial charge in [-0.3, -0.25) is 0 Å². The van der Waals surface area contributed by atoms with Crippen LogP contribution in [-0.4, -0.2) is 16.1 Å². The molecular formula is C13H18BrN3. The Labute approximate surface area is 110 Å². The Morgan fingerprint density at radius 2 is 2.18 bits per heavy atom. The van der Waals surface area contributed by atoms with Gasteiger partial charge in [-0.05, 0) is 45.0 Å². The Hall–Kier alpha value is -0.870. The van der Waals surface area contributed by atoms with E-state index in [0.29, 0.717) is 12.6 Å². The number of aryl methyl sites for hydroxylation is 1. The first-order valence-electron chi connectivity index (χ1n) is 6.00. The molecule has 0 fully saturated rings.